The molecule has 0 aliphatic heterocycles. The van der Waals surface area contributed by atoms with E-state index >= 15 is 0 Å². The lowest BCUT2D eigenvalue weighted by molar-refractivity contribution is 0.110. The van der Waals surface area contributed by atoms with Gasteiger partial charge in [0.1, 0.15) is 12.4 Å². The molecule has 0 spiro atoms. The molecule has 0 amide bonds. The van der Waals surface area contributed by atoms with Crippen LogP contribution in [0.25, 0.3) is 0 Å². The zero-order valence-electron chi connectivity index (χ0n) is 12.5. The van der Waals surface area contributed by atoms with Gasteiger partial charge in [-0.1, -0.05) is 42.5 Å². The smallest absolute Gasteiger partial charge is 0.142 e. The molecular weight excluding hydrogens is 262 g/mol. The van der Waals surface area contributed by atoms with E-state index in [0.29, 0.717) is 13.2 Å². The first-order valence-corrected chi connectivity index (χ1v) is 7.47. The minimum absolute atomic E-state index is 0.575. The Kier molecular flexibility index (Phi) is 6.62. The van der Waals surface area contributed by atoms with Crippen molar-refractivity contribution in [2.45, 2.75) is 13.3 Å². The highest BCUT2D eigenvalue weighted by molar-refractivity contribution is 5.56. The van der Waals surface area contributed by atoms with Crippen molar-refractivity contribution in [2.75, 3.05) is 31.7 Å². The van der Waals surface area contributed by atoms with Crippen molar-refractivity contribution in [3.63, 3.8) is 0 Å². The third-order valence-corrected chi connectivity index (χ3v) is 3.15. The summed E-state index contributed by atoms with van der Waals surface area (Å²) in [5.74, 6) is 0.880. The van der Waals surface area contributed by atoms with E-state index in [0.717, 1.165) is 31.0 Å². The van der Waals surface area contributed by atoms with Crippen molar-refractivity contribution < 1.29 is 9.47 Å². The van der Waals surface area contributed by atoms with E-state index < -0.39 is 0 Å². The average Bonchev–Trinajstić information content (AvgIpc) is 2.54. The standard InChI is InChI=1S/C18H23NO2/c1-2-20-14-15-21-18-11-7-6-10-17(18)19-13-12-16-8-4-3-5-9-16/h3-11,19H,2,12-15H2,1H3. The van der Waals surface area contributed by atoms with Crippen molar-refractivity contribution >= 4 is 5.69 Å². The first-order chi connectivity index (χ1) is 10.4. The van der Waals surface area contributed by atoms with Crippen LogP contribution in [-0.4, -0.2) is 26.4 Å². The Hall–Kier alpha value is -2.00. The molecule has 0 unspecified atom stereocenters. The molecule has 2 aromatic carbocycles. The summed E-state index contributed by atoms with van der Waals surface area (Å²) in [6, 6.07) is 18.5. The van der Waals surface area contributed by atoms with Gasteiger partial charge < -0.3 is 14.8 Å². The van der Waals surface area contributed by atoms with E-state index in [1.165, 1.54) is 5.56 Å². The summed E-state index contributed by atoms with van der Waals surface area (Å²) in [5.41, 5.74) is 2.37. The summed E-state index contributed by atoms with van der Waals surface area (Å²) in [6.45, 7) is 4.79. The van der Waals surface area contributed by atoms with Crippen LogP contribution in [0.5, 0.6) is 5.75 Å². The van der Waals surface area contributed by atoms with Gasteiger partial charge in [0.15, 0.2) is 0 Å². The molecule has 0 bridgehead atoms. The molecule has 0 saturated carbocycles. The molecule has 0 aliphatic carbocycles. The zero-order chi connectivity index (χ0) is 14.8. The Labute approximate surface area is 126 Å². The fourth-order valence-electron chi connectivity index (χ4n) is 2.08. The SMILES string of the molecule is CCOCCOc1ccccc1NCCc1ccccc1. The third kappa shape index (κ3) is 5.48. The van der Waals surface area contributed by atoms with Crippen molar-refractivity contribution in [1.29, 1.82) is 0 Å². The fourth-order valence-corrected chi connectivity index (χ4v) is 2.08. The number of anilines is 1. The van der Waals surface area contributed by atoms with Crippen molar-refractivity contribution in [1.82, 2.24) is 0 Å². The Bertz CT molecular complexity index is 514. The van der Waals surface area contributed by atoms with E-state index in [-0.39, 0.29) is 0 Å². The maximum Gasteiger partial charge on any atom is 0.142 e. The molecule has 3 heteroatoms. The quantitative estimate of drug-likeness (QED) is 0.712. The summed E-state index contributed by atoms with van der Waals surface area (Å²) in [4.78, 5) is 0. The molecule has 0 aromatic heterocycles. The predicted molar refractivity (Wildman–Crippen MR) is 87.1 cm³/mol. The normalized spacial score (nSPS) is 10.3. The number of hydrogen-bond donors (Lipinski definition) is 1. The van der Waals surface area contributed by atoms with Crippen molar-refractivity contribution in [3.8, 4) is 5.75 Å². The summed E-state index contributed by atoms with van der Waals surface area (Å²) < 4.78 is 11.0. The number of rotatable bonds is 9. The Morgan fingerprint density at radius 2 is 1.67 bits per heavy atom. The van der Waals surface area contributed by atoms with Crippen LogP contribution in [0.4, 0.5) is 5.69 Å². The Morgan fingerprint density at radius 3 is 2.48 bits per heavy atom. The third-order valence-electron chi connectivity index (χ3n) is 3.15. The van der Waals surface area contributed by atoms with E-state index in [1.54, 1.807) is 0 Å². The zero-order valence-corrected chi connectivity index (χ0v) is 12.5. The first kappa shape index (κ1) is 15.4. The highest BCUT2D eigenvalue weighted by atomic mass is 16.5. The molecule has 2 rings (SSSR count). The van der Waals surface area contributed by atoms with Crippen LogP contribution in [0.15, 0.2) is 54.6 Å². The van der Waals surface area contributed by atoms with Crippen molar-refractivity contribution in [2.24, 2.45) is 0 Å². The van der Waals surface area contributed by atoms with Crippen LogP contribution in [0, 0.1) is 0 Å². The summed E-state index contributed by atoms with van der Waals surface area (Å²) >= 11 is 0. The fraction of sp³-hybridized carbons (Fsp3) is 0.333. The number of nitrogens with one attached hydrogen (secondary N) is 1. The molecular formula is C18H23NO2. The highest BCUT2D eigenvalue weighted by Gasteiger charge is 2.02. The second kappa shape index (κ2) is 9.03. The largest absolute Gasteiger partial charge is 0.489 e. The van der Waals surface area contributed by atoms with Crippen LogP contribution < -0.4 is 10.1 Å². The van der Waals surface area contributed by atoms with Gasteiger partial charge in [-0.3, -0.25) is 0 Å². The molecule has 0 aliphatic rings. The number of hydrogen-bond acceptors (Lipinski definition) is 3. The van der Waals surface area contributed by atoms with Gasteiger partial charge in [-0.25, -0.2) is 0 Å². The average molecular weight is 285 g/mol. The Morgan fingerprint density at radius 1 is 0.905 bits per heavy atom. The molecule has 21 heavy (non-hydrogen) atoms. The van der Waals surface area contributed by atoms with Gasteiger partial charge in [0.05, 0.1) is 12.3 Å². The van der Waals surface area contributed by atoms with Gasteiger partial charge in [-0.2, -0.15) is 0 Å². The van der Waals surface area contributed by atoms with E-state index in [4.69, 9.17) is 9.47 Å². The molecule has 0 fully saturated rings. The van der Waals surface area contributed by atoms with Gasteiger partial charge in [-0.05, 0) is 31.0 Å². The second-order valence-corrected chi connectivity index (χ2v) is 4.70. The monoisotopic (exact) mass is 285 g/mol. The molecule has 0 atom stereocenters. The number of para-hydroxylation sites is 2. The predicted octanol–water partition coefficient (Wildman–Crippen LogP) is 3.76. The minimum Gasteiger partial charge on any atom is -0.489 e. The molecule has 112 valence electrons. The molecule has 1 N–H and O–H groups in total. The van der Waals surface area contributed by atoms with Gasteiger partial charge in [0.2, 0.25) is 0 Å². The van der Waals surface area contributed by atoms with Gasteiger partial charge >= 0.3 is 0 Å². The molecule has 2 aromatic rings. The topological polar surface area (TPSA) is 30.5 Å². The lowest BCUT2D eigenvalue weighted by Gasteiger charge is -2.13. The molecule has 0 radical (unpaired) electrons. The summed E-state index contributed by atoms with van der Waals surface area (Å²) in [5, 5.41) is 3.44. The molecule has 0 saturated heterocycles. The van der Waals surface area contributed by atoms with E-state index in [9.17, 15) is 0 Å². The van der Waals surface area contributed by atoms with Crippen molar-refractivity contribution in [3.05, 3.63) is 60.2 Å². The number of ether oxygens (including phenoxy) is 2. The first-order valence-electron chi connectivity index (χ1n) is 7.47. The highest BCUT2D eigenvalue weighted by Crippen LogP contribution is 2.23. The van der Waals surface area contributed by atoms with Crippen LogP contribution in [-0.2, 0) is 11.2 Å². The van der Waals surface area contributed by atoms with Crippen LogP contribution in [0.2, 0.25) is 0 Å². The maximum absolute atomic E-state index is 5.75. The summed E-state index contributed by atoms with van der Waals surface area (Å²) in [7, 11) is 0. The second-order valence-electron chi connectivity index (χ2n) is 4.70. The van der Waals surface area contributed by atoms with Gasteiger partial charge in [0.25, 0.3) is 0 Å². The minimum atomic E-state index is 0.575. The Balaban J connectivity index is 1.82. The van der Waals surface area contributed by atoms with Crippen LogP contribution >= 0.6 is 0 Å². The number of benzene rings is 2. The van der Waals surface area contributed by atoms with E-state index in [1.807, 2.05) is 37.3 Å². The van der Waals surface area contributed by atoms with Gasteiger partial charge in [0, 0.05) is 13.2 Å². The lowest BCUT2D eigenvalue weighted by Crippen LogP contribution is -2.10. The maximum atomic E-state index is 5.75. The van der Waals surface area contributed by atoms with Gasteiger partial charge in [-0.15, -0.1) is 0 Å². The van der Waals surface area contributed by atoms with Crippen LogP contribution in [0.1, 0.15) is 12.5 Å². The van der Waals surface area contributed by atoms with E-state index in [2.05, 4.69) is 29.6 Å². The molecule has 0 heterocycles. The summed E-state index contributed by atoms with van der Waals surface area (Å²) in [6.07, 6.45) is 0.994. The molecule has 3 nitrogen and oxygen atoms in total. The van der Waals surface area contributed by atoms with Crippen LogP contribution in [0.3, 0.4) is 0 Å². The lowest BCUT2D eigenvalue weighted by atomic mass is 10.1.